The molecule has 2 heterocycles. The summed E-state index contributed by atoms with van der Waals surface area (Å²) in [7, 11) is 0. The maximum absolute atomic E-state index is 12.3. The SMILES string of the molecule is CCOc1cccc(CNC(=O)c2ccn(C3CCCNC3)n2)c1.Cl. The topological polar surface area (TPSA) is 68.2 Å². The molecule has 1 aliphatic rings. The van der Waals surface area contributed by atoms with Gasteiger partial charge in [0, 0.05) is 19.3 Å². The van der Waals surface area contributed by atoms with E-state index in [2.05, 4.69) is 15.7 Å². The lowest BCUT2D eigenvalue weighted by Crippen LogP contribution is -2.32. The fraction of sp³-hybridized carbons (Fsp3) is 0.444. The third-order valence-electron chi connectivity index (χ3n) is 4.15. The van der Waals surface area contributed by atoms with E-state index in [-0.39, 0.29) is 18.3 Å². The molecule has 1 unspecified atom stereocenters. The number of amides is 1. The number of hydrogen-bond donors (Lipinski definition) is 2. The lowest BCUT2D eigenvalue weighted by molar-refractivity contribution is 0.0944. The van der Waals surface area contributed by atoms with Gasteiger partial charge in [-0.1, -0.05) is 12.1 Å². The monoisotopic (exact) mass is 364 g/mol. The van der Waals surface area contributed by atoms with E-state index in [1.807, 2.05) is 42.1 Å². The van der Waals surface area contributed by atoms with Crippen molar-refractivity contribution >= 4 is 18.3 Å². The van der Waals surface area contributed by atoms with Crippen LogP contribution in [0.15, 0.2) is 36.5 Å². The van der Waals surface area contributed by atoms with Gasteiger partial charge in [-0.15, -0.1) is 12.4 Å². The summed E-state index contributed by atoms with van der Waals surface area (Å²) < 4.78 is 7.37. The molecule has 0 aliphatic carbocycles. The summed E-state index contributed by atoms with van der Waals surface area (Å²) in [5.41, 5.74) is 1.46. The number of halogens is 1. The molecule has 0 spiro atoms. The fourth-order valence-corrected chi connectivity index (χ4v) is 2.91. The highest BCUT2D eigenvalue weighted by atomic mass is 35.5. The maximum atomic E-state index is 12.3. The lowest BCUT2D eigenvalue weighted by Gasteiger charge is -2.22. The highest BCUT2D eigenvalue weighted by Crippen LogP contribution is 2.16. The summed E-state index contributed by atoms with van der Waals surface area (Å²) in [5.74, 6) is 0.664. The molecule has 1 fully saturated rings. The summed E-state index contributed by atoms with van der Waals surface area (Å²) in [4.78, 5) is 12.3. The van der Waals surface area contributed by atoms with Gasteiger partial charge in [0.2, 0.25) is 0 Å². The van der Waals surface area contributed by atoms with Gasteiger partial charge in [-0.25, -0.2) is 0 Å². The second-order valence-corrected chi connectivity index (χ2v) is 5.94. The van der Waals surface area contributed by atoms with Crippen LogP contribution in [0.25, 0.3) is 0 Å². The van der Waals surface area contributed by atoms with Crippen LogP contribution < -0.4 is 15.4 Å². The molecule has 3 rings (SSSR count). The number of benzene rings is 1. The standard InChI is InChI=1S/C18H24N4O2.ClH/c1-2-24-16-7-3-5-14(11-16)12-20-18(23)17-8-10-22(21-17)15-6-4-9-19-13-15;/h3,5,7-8,10-11,15,19H,2,4,6,9,12-13H2,1H3,(H,20,23);1H. The van der Waals surface area contributed by atoms with Gasteiger partial charge in [0.1, 0.15) is 11.4 Å². The van der Waals surface area contributed by atoms with Crippen LogP contribution in [-0.4, -0.2) is 35.4 Å². The van der Waals surface area contributed by atoms with Crippen molar-refractivity contribution in [2.24, 2.45) is 0 Å². The van der Waals surface area contributed by atoms with Crippen molar-refractivity contribution in [3.05, 3.63) is 47.8 Å². The van der Waals surface area contributed by atoms with Gasteiger partial charge in [-0.3, -0.25) is 9.48 Å². The van der Waals surface area contributed by atoms with E-state index < -0.39 is 0 Å². The Labute approximate surface area is 154 Å². The molecule has 0 saturated carbocycles. The number of hydrogen-bond acceptors (Lipinski definition) is 4. The number of piperidine rings is 1. The highest BCUT2D eigenvalue weighted by molar-refractivity contribution is 5.92. The Bertz CT molecular complexity index is 683. The molecule has 0 bridgehead atoms. The first kappa shape index (κ1) is 19.3. The van der Waals surface area contributed by atoms with Crippen molar-refractivity contribution in [1.29, 1.82) is 0 Å². The molecule has 6 nitrogen and oxygen atoms in total. The predicted molar refractivity (Wildman–Crippen MR) is 99.4 cm³/mol. The number of nitrogens with zero attached hydrogens (tertiary/aromatic N) is 2. The zero-order chi connectivity index (χ0) is 16.8. The normalized spacial score (nSPS) is 16.8. The van der Waals surface area contributed by atoms with E-state index in [1.54, 1.807) is 6.07 Å². The van der Waals surface area contributed by atoms with Gasteiger partial charge in [0.25, 0.3) is 5.91 Å². The van der Waals surface area contributed by atoms with E-state index in [0.29, 0.717) is 24.9 Å². The molecule has 2 aromatic rings. The van der Waals surface area contributed by atoms with Gasteiger partial charge in [0.15, 0.2) is 0 Å². The molecule has 1 aromatic carbocycles. The lowest BCUT2D eigenvalue weighted by atomic mass is 10.1. The second-order valence-electron chi connectivity index (χ2n) is 5.94. The van der Waals surface area contributed by atoms with Crippen LogP contribution in [0.3, 0.4) is 0 Å². The quantitative estimate of drug-likeness (QED) is 0.826. The van der Waals surface area contributed by atoms with Crippen LogP contribution in [-0.2, 0) is 6.54 Å². The number of carbonyl (C=O) groups is 1. The Hall–Kier alpha value is -2.05. The van der Waals surface area contributed by atoms with Gasteiger partial charge in [-0.2, -0.15) is 5.10 Å². The van der Waals surface area contributed by atoms with E-state index >= 15 is 0 Å². The summed E-state index contributed by atoms with van der Waals surface area (Å²) in [5, 5.41) is 10.7. The summed E-state index contributed by atoms with van der Waals surface area (Å²) >= 11 is 0. The van der Waals surface area contributed by atoms with E-state index in [1.165, 1.54) is 0 Å². The molecular weight excluding hydrogens is 340 g/mol. The number of rotatable bonds is 6. The number of carbonyl (C=O) groups excluding carboxylic acids is 1. The molecule has 25 heavy (non-hydrogen) atoms. The second kappa shape index (κ2) is 9.44. The molecular formula is C18H25ClN4O2. The summed E-state index contributed by atoms with van der Waals surface area (Å²) in [6.07, 6.45) is 4.13. The van der Waals surface area contributed by atoms with E-state index in [0.717, 1.165) is 37.2 Å². The van der Waals surface area contributed by atoms with E-state index in [4.69, 9.17) is 4.74 Å². The van der Waals surface area contributed by atoms with Crippen molar-refractivity contribution in [2.45, 2.75) is 32.4 Å². The van der Waals surface area contributed by atoms with Gasteiger partial charge in [-0.05, 0) is 50.1 Å². The largest absolute Gasteiger partial charge is 0.494 e. The number of ether oxygens (including phenoxy) is 1. The Morgan fingerprint density at radius 1 is 1.44 bits per heavy atom. The fourth-order valence-electron chi connectivity index (χ4n) is 2.91. The average molecular weight is 365 g/mol. The summed E-state index contributed by atoms with van der Waals surface area (Å²) in [6.45, 7) is 5.01. The van der Waals surface area contributed by atoms with Crippen LogP contribution in [0, 0.1) is 0 Å². The third kappa shape index (κ3) is 5.21. The predicted octanol–water partition coefficient (Wildman–Crippen LogP) is 2.56. The van der Waals surface area contributed by atoms with Crippen molar-refractivity contribution in [3.8, 4) is 5.75 Å². The minimum atomic E-state index is -0.153. The molecule has 1 aliphatic heterocycles. The summed E-state index contributed by atoms with van der Waals surface area (Å²) in [6, 6.07) is 9.86. The Morgan fingerprint density at radius 2 is 2.32 bits per heavy atom. The maximum Gasteiger partial charge on any atom is 0.272 e. The molecule has 1 aromatic heterocycles. The first-order valence-corrected chi connectivity index (χ1v) is 8.52. The molecule has 1 saturated heterocycles. The molecule has 2 N–H and O–H groups in total. The van der Waals surface area contributed by atoms with Gasteiger partial charge >= 0.3 is 0 Å². The number of nitrogens with one attached hydrogen (secondary N) is 2. The van der Waals surface area contributed by atoms with Crippen LogP contribution in [0.5, 0.6) is 5.75 Å². The third-order valence-corrected chi connectivity index (χ3v) is 4.15. The Kier molecular flexibility index (Phi) is 7.28. The molecule has 1 amide bonds. The van der Waals surface area contributed by atoms with Gasteiger partial charge < -0.3 is 15.4 Å². The van der Waals surface area contributed by atoms with E-state index in [9.17, 15) is 4.79 Å². The van der Waals surface area contributed by atoms with Crippen LogP contribution in [0.2, 0.25) is 0 Å². The first-order valence-electron chi connectivity index (χ1n) is 8.52. The minimum Gasteiger partial charge on any atom is -0.494 e. The molecule has 136 valence electrons. The van der Waals surface area contributed by atoms with Crippen molar-refractivity contribution in [1.82, 2.24) is 20.4 Å². The Balaban J connectivity index is 0.00000225. The van der Waals surface area contributed by atoms with Gasteiger partial charge in [0.05, 0.1) is 12.6 Å². The molecule has 7 heteroatoms. The zero-order valence-electron chi connectivity index (χ0n) is 14.4. The van der Waals surface area contributed by atoms with Crippen LogP contribution in [0.4, 0.5) is 0 Å². The smallest absolute Gasteiger partial charge is 0.272 e. The van der Waals surface area contributed by atoms with Crippen molar-refractivity contribution in [3.63, 3.8) is 0 Å². The zero-order valence-corrected chi connectivity index (χ0v) is 15.2. The van der Waals surface area contributed by atoms with Crippen LogP contribution in [0.1, 0.15) is 41.9 Å². The minimum absolute atomic E-state index is 0. The first-order chi connectivity index (χ1) is 11.8. The van der Waals surface area contributed by atoms with Crippen molar-refractivity contribution < 1.29 is 9.53 Å². The average Bonchev–Trinajstić information content (AvgIpc) is 3.11. The molecule has 1 atom stereocenters. The van der Waals surface area contributed by atoms with Crippen molar-refractivity contribution in [2.75, 3.05) is 19.7 Å². The number of aromatic nitrogens is 2. The van der Waals surface area contributed by atoms with Crippen LogP contribution >= 0.6 is 12.4 Å². The Morgan fingerprint density at radius 3 is 3.08 bits per heavy atom. The highest BCUT2D eigenvalue weighted by Gasteiger charge is 2.17. The molecule has 0 radical (unpaired) electrons.